The first kappa shape index (κ1) is 13.4. The van der Waals surface area contributed by atoms with Crippen LogP contribution in [-0.4, -0.2) is 36.3 Å². The quantitative estimate of drug-likeness (QED) is 0.432. The van der Waals surface area contributed by atoms with E-state index < -0.39 is 0 Å². The fraction of sp³-hybridized carbons (Fsp3) is 0.333. The molecule has 1 aliphatic rings. The van der Waals surface area contributed by atoms with Crippen LogP contribution in [0.4, 0.5) is 0 Å². The molecule has 0 aliphatic carbocycles. The van der Waals surface area contributed by atoms with Crippen LogP contribution in [0.15, 0.2) is 24.3 Å². The summed E-state index contributed by atoms with van der Waals surface area (Å²) in [5.74, 6) is 0. The van der Waals surface area contributed by atoms with Crippen LogP contribution >= 0.6 is 0 Å². The largest absolute Gasteiger partial charge is 2.00 e. The van der Waals surface area contributed by atoms with Crippen molar-refractivity contribution in [3.8, 4) is 0 Å². The van der Waals surface area contributed by atoms with E-state index in [0.717, 1.165) is 5.56 Å². The predicted octanol–water partition coefficient (Wildman–Crippen LogP) is -1.84. The van der Waals surface area contributed by atoms with Crippen molar-refractivity contribution >= 4 is 23.1 Å². The summed E-state index contributed by atoms with van der Waals surface area (Å²) in [6.45, 7) is 1.39. The maximum atomic E-state index is 5.30. The summed E-state index contributed by atoms with van der Waals surface area (Å²) < 4.78 is 10.6. The van der Waals surface area contributed by atoms with Gasteiger partial charge in [-0.2, -0.15) is 30.3 Å². The minimum Gasteiger partial charge on any atom is -1.00 e. The van der Waals surface area contributed by atoms with Crippen LogP contribution in [0.5, 0.6) is 0 Å². The molecule has 0 spiro atoms. The molecule has 2 nitrogen and oxygen atoms in total. The Labute approximate surface area is 105 Å². The van der Waals surface area contributed by atoms with Crippen molar-refractivity contribution in [2.75, 3.05) is 13.2 Å². The van der Waals surface area contributed by atoms with Gasteiger partial charge >= 0.3 is 23.1 Å². The minimum absolute atomic E-state index is 0. The van der Waals surface area contributed by atoms with Gasteiger partial charge in [0.1, 0.15) is 6.29 Å². The molecular formula is C9H9BrMgO2. The molecule has 1 fully saturated rings. The molecule has 0 bridgehead atoms. The second kappa shape index (κ2) is 6.78. The van der Waals surface area contributed by atoms with Gasteiger partial charge in [-0.15, -0.1) is 5.56 Å². The Balaban J connectivity index is 0.000000720. The second-order valence-corrected chi connectivity index (χ2v) is 2.41. The molecule has 13 heavy (non-hydrogen) atoms. The molecule has 1 aromatic rings. The van der Waals surface area contributed by atoms with Gasteiger partial charge < -0.3 is 26.5 Å². The summed E-state index contributed by atoms with van der Waals surface area (Å²) in [4.78, 5) is 0. The minimum atomic E-state index is -0.160. The van der Waals surface area contributed by atoms with Gasteiger partial charge in [0, 0.05) is 0 Å². The monoisotopic (exact) mass is 252 g/mol. The van der Waals surface area contributed by atoms with Gasteiger partial charge in [0.25, 0.3) is 0 Å². The van der Waals surface area contributed by atoms with E-state index in [1.54, 1.807) is 0 Å². The van der Waals surface area contributed by atoms with Crippen LogP contribution in [0, 0.1) is 6.07 Å². The number of rotatable bonds is 1. The number of hydrogen-bond donors (Lipinski definition) is 0. The molecule has 1 saturated heterocycles. The molecule has 66 valence electrons. The number of halogens is 1. The molecule has 1 aromatic carbocycles. The van der Waals surface area contributed by atoms with E-state index in [-0.39, 0.29) is 46.3 Å². The van der Waals surface area contributed by atoms with Crippen LogP contribution in [0.1, 0.15) is 11.9 Å². The van der Waals surface area contributed by atoms with Crippen molar-refractivity contribution in [2.24, 2.45) is 0 Å². The van der Waals surface area contributed by atoms with Gasteiger partial charge in [-0.05, 0) is 0 Å². The zero-order chi connectivity index (χ0) is 7.52. The zero-order valence-corrected chi connectivity index (χ0v) is 10.2. The van der Waals surface area contributed by atoms with Crippen molar-refractivity contribution in [1.29, 1.82) is 0 Å². The number of ether oxygens (including phenoxy) is 2. The molecular weight excluding hydrogens is 244 g/mol. The van der Waals surface area contributed by atoms with Gasteiger partial charge in [0.15, 0.2) is 0 Å². The summed E-state index contributed by atoms with van der Waals surface area (Å²) in [7, 11) is 0. The van der Waals surface area contributed by atoms with Crippen molar-refractivity contribution < 1.29 is 26.5 Å². The van der Waals surface area contributed by atoms with Crippen LogP contribution in [0.2, 0.25) is 0 Å². The Hall–Kier alpha value is 0.386. The molecule has 1 heterocycles. The van der Waals surface area contributed by atoms with Gasteiger partial charge in [-0.25, -0.2) is 0 Å². The van der Waals surface area contributed by atoms with E-state index in [4.69, 9.17) is 9.47 Å². The third-order valence-electron chi connectivity index (χ3n) is 1.63. The maximum absolute atomic E-state index is 5.30. The van der Waals surface area contributed by atoms with Gasteiger partial charge in [-0.3, -0.25) is 0 Å². The molecule has 0 unspecified atom stereocenters. The van der Waals surface area contributed by atoms with Crippen LogP contribution in [0.3, 0.4) is 0 Å². The van der Waals surface area contributed by atoms with Gasteiger partial charge in [0.2, 0.25) is 0 Å². The Morgan fingerprint density at radius 1 is 1.31 bits per heavy atom. The molecule has 0 aromatic heterocycles. The Bertz CT molecular complexity index is 224. The summed E-state index contributed by atoms with van der Waals surface area (Å²) in [6, 6.07) is 10.6. The first-order chi connectivity index (χ1) is 5.47. The van der Waals surface area contributed by atoms with Crippen LogP contribution in [-0.2, 0) is 9.47 Å². The first-order valence-corrected chi connectivity index (χ1v) is 3.66. The van der Waals surface area contributed by atoms with E-state index in [2.05, 4.69) is 6.07 Å². The fourth-order valence-electron chi connectivity index (χ4n) is 1.10. The smallest absolute Gasteiger partial charge is 1.00 e. The SMILES string of the molecule is [Br-].[Mg+2].[c-]1cccc(C2OCCO2)c1. The summed E-state index contributed by atoms with van der Waals surface area (Å²) in [5, 5.41) is 0. The first-order valence-electron chi connectivity index (χ1n) is 3.66. The molecule has 4 heteroatoms. The number of benzene rings is 1. The molecule has 0 saturated carbocycles. The normalized spacial score (nSPS) is 16.0. The van der Waals surface area contributed by atoms with E-state index in [9.17, 15) is 0 Å². The zero-order valence-electron chi connectivity index (χ0n) is 7.20. The molecule has 0 amide bonds. The van der Waals surface area contributed by atoms with E-state index in [1.807, 2.05) is 24.3 Å². The molecule has 0 radical (unpaired) electrons. The maximum Gasteiger partial charge on any atom is 2.00 e. The predicted molar refractivity (Wildman–Crippen MR) is 45.7 cm³/mol. The molecule has 0 atom stereocenters. The summed E-state index contributed by atoms with van der Waals surface area (Å²) >= 11 is 0. The van der Waals surface area contributed by atoms with E-state index in [1.165, 1.54) is 0 Å². The van der Waals surface area contributed by atoms with Gasteiger partial charge in [0.05, 0.1) is 13.2 Å². The van der Waals surface area contributed by atoms with Gasteiger partial charge in [-0.1, -0.05) is 0 Å². The number of hydrogen-bond acceptors (Lipinski definition) is 2. The molecule has 0 N–H and O–H groups in total. The average molecular weight is 253 g/mol. The average Bonchev–Trinajstić information content (AvgIpc) is 2.58. The van der Waals surface area contributed by atoms with Crippen molar-refractivity contribution in [1.82, 2.24) is 0 Å². The Morgan fingerprint density at radius 2 is 2.00 bits per heavy atom. The van der Waals surface area contributed by atoms with Crippen LogP contribution in [0.25, 0.3) is 0 Å². The van der Waals surface area contributed by atoms with Crippen molar-refractivity contribution in [3.63, 3.8) is 0 Å². The van der Waals surface area contributed by atoms with Crippen molar-refractivity contribution in [2.45, 2.75) is 6.29 Å². The third-order valence-corrected chi connectivity index (χ3v) is 1.63. The molecule has 2 rings (SSSR count). The Kier molecular flexibility index (Phi) is 6.98. The second-order valence-electron chi connectivity index (χ2n) is 2.41. The third kappa shape index (κ3) is 3.56. The topological polar surface area (TPSA) is 18.5 Å². The summed E-state index contributed by atoms with van der Waals surface area (Å²) in [6.07, 6.45) is -0.160. The standard InChI is InChI=1S/C9H9O2.BrH.Mg/c1-2-4-8(5-3-1)9-10-6-7-11-9;;/h1-2,4-5,9H,6-7H2;1H;/q-1;;+2/p-1. The Morgan fingerprint density at radius 3 is 2.54 bits per heavy atom. The van der Waals surface area contributed by atoms with Crippen molar-refractivity contribution in [3.05, 3.63) is 35.9 Å². The van der Waals surface area contributed by atoms with E-state index >= 15 is 0 Å². The summed E-state index contributed by atoms with van der Waals surface area (Å²) in [5.41, 5.74) is 1.05. The van der Waals surface area contributed by atoms with E-state index in [0.29, 0.717) is 13.2 Å². The fourth-order valence-corrected chi connectivity index (χ4v) is 1.10. The van der Waals surface area contributed by atoms with Crippen LogP contribution < -0.4 is 17.0 Å². The molecule has 1 aliphatic heterocycles.